The molecular weight excluding hydrogens is 427 g/mol. The van der Waals surface area contributed by atoms with Crippen molar-refractivity contribution in [3.05, 3.63) is 65.2 Å². The van der Waals surface area contributed by atoms with Crippen LogP contribution in [0.25, 0.3) is 0 Å². The third-order valence-corrected chi connectivity index (χ3v) is 5.45. The fourth-order valence-electron chi connectivity index (χ4n) is 4.11. The number of ether oxygens (including phenoxy) is 3. The summed E-state index contributed by atoms with van der Waals surface area (Å²) < 4.78 is 31.4. The van der Waals surface area contributed by atoms with Crippen LogP contribution in [0.3, 0.4) is 0 Å². The van der Waals surface area contributed by atoms with Gasteiger partial charge in [0.1, 0.15) is 17.1 Å². The quantitative estimate of drug-likeness (QED) is 0.613. The van der Waals surface area contributed by atoms with Gasteiger partial charge >= 0.3 is 12.1 Å². The van der Waals surface area contributed by atoms with Crippen molar-refractivity contribution in [3.8, 4) is 0 Å². The molecule has 0 aliphatic carbocycles. The molecule has 0 spiro atoms. The normalized spacial score (nSPS) is 19.9. The zero-order valence-corrected chi connectivity index (χ0v) is 19.9. The number of hydrogen-bond acceptors (Lipinski definition) is 6. The summed E-state index contributed by atoms with van der Waals surface area (Å²) in [6, 6.07) is 9.17. The zero-order chi connectivity index (χ0) is 24.4. The lowest BCUT2D eigenvalue weighted by Gasteiger charge is -2.35. The predicted molar refractivity (Wildman–Crippen MR) is 120 cm³/mol. The Balaban J connectivity index is 2.00. The van der Waals surface area contributed by atoms with E-state index in [1.807, 2.05) is 0 Å². The Labute approximate surface area is 193 Å². The Morgan fingerprint density at radius 2 is 1.85 bits per heavy atom. The van der Waals surface area contributed by atoms with Gasteiger partial charge in [-0.2, -0.15) is 0 Å². The third kappa shape index (κ3) is 5.68. The molecule has 2 aromatic rings. The van der Waals surface area contributed by atoms with Gasteiger partial charge in [0.25, 0.3) is 0 Å². The summed E-state index contributed by atoms with van der Waals surface area (Å²) in [5.74, 6) is -0.872. The molecule has 0 bridgehead atoms. The number of amides is 1. The number of methoxy groups -OCH3 is 1. The smallest absolute Gasteiger partial charge is 0.412 e. The molecule has 0 N–H and O–H groups in total. The minimum Gasteiger partial charge on any atom is -0.465 e. The van der Waals surface area contributed by atoms with E-state index in [4.69, 9.17) is 14.2 Å². The minimum absolute atomic E-state index is 0.209. The van der Waals surface area contributed by atoms with E-state index in [0.29, 0.717) is 16.8 Å². The average molecular weight is 459 g/mol. The fourth-order valence-corrected chi connectivity index (χ4v) is 4.11. The molecule has 2 atom stereocenters. The molecule has 0 radical (unpaired) electrons. The number of pyridine rings is 1. The molecule has 1 aliphatic heterocycles. The maximum Gasteiger partial charge on any atom is 0.412 e. The number of nitrogens with zero attached hydrogens (tertiary/aromatic N) is 2. The highest BCUT2D eigenvalue weighted by molar-refractivity contribution is 5.90. The summed E-state index contributed by atoms with van der Waals surface area (Å²) in [5, 5.41) is 0. The molecule has 7 nitrogen and oxygen atoms in total. The van der Waals surface area contributed by atoms with Crippen LogP contribution in [0, 0.1) is 5.82 Å². The van der Waals surface area contributed by atoms with E-state index in [9.17, 15) is 14.0 Å². The maximum absolute atomic E-state index is 14.6. The Morgan fingerprint density at radius 3 is 2.48 bits per heavy atom. The van der Waals surface area contributed by atoms with Gasteiger partial charge in [0.2, 0.25) is 0 Å². The van der Waals surface area contributed by atoms with E-state index in [2.05, 4.69) is 4.98 Å². The number of halogens is 1. The van der Waals surface area contributed by atoms with E-state index in [0.717, 1.165) is 0 Å². The van der Waals surface area contributed by atoms with Crippen molar-refractivity contribution in [1.82, 2.24) is 9.88 Å². The van der Waals surface area contributed by atoms with Gasteiger partial charge in [0.15, 0.2) is 0 Å². The van der Waals surface area contributed by atoms with Gasteiger partial charge in [-0.25, -0.2) is 14.0 Å². The van der Waals surface area contributed by atoms with Crippen molar-refractivity contribution in [1.29, 1.82) is 0 Å². The topological polar surface area (TPSA) is 78.0 Å². The van der Waals surface area contributed by atoms with E-state index in [1.165, 1.54) is 18.1 Å². The highest BCUT2D eigenvalue weighted by atomic mass is 19.1. The van der Waals surface area contributed by atoms with E-state index >= 15 is 0 Å². The number of aromatic nitrogens is 1. The van der Waals surface area contributed by atoms with Crippen LogP contribution in [0.15, 0.2) is 42.6 Å². The van der Waals surface area contributed by atoms with E-state index < -0.39 is 35.5 Å². The largest absolute Gasteiger partial charge is 0.465 e. The van der Waals surface area contributed by atoms with Crippen molar-refractivity contribution in [3.63, 3.8) is 0 Å². The van der Waals surface area contributed by atoms with E-state index in [-0.39, 0.29) is 18.7 Å². The second-order valence-corrected chi connectivity index (χ2v) is 9.51. The second kappa shape index (κ2) is 9.47. The zero-order valence-electron chi connectivity index (χ0n) is 19.9. The van der Waals surface area contributed by atoms with Gasteiger partial charge in [-0.15, -0.1) is 0 Å². The second-order valence-electron chi connectivity index (χ2n) is 9.51. The summed E-state index contributed by atoms with van der Waals surface area (Å²) in [6.07, 6.45) is 0.906. The van der Waals surface area contributed by atoms with Crippen molar-refractivity contribution < 1.29 is 28.2 Å². The van der Waals surface area contributed by atoms with Crippen LogP contribution in [0.2, 0.25) is 0 Å². The first-order valence-corrected chi connectivity index (χ1v) is 10.9. The highest BCUT2D eigenvalue weighted by Crippen LogP contribution is 2.37. The molecule has 1 fully saturated rings. The summed E-state index contributed by atoms with van der Waals surface area (Å²) in [4.78, 5) is 31.3. The Hall–Kier alpha value is -3.00. The molecule has 33 heavy (non-hydrogen) atoms. The predicted octanol–water partition coefficient (Wildman–Crippen LogP) is 4.53. The lowest BCUT2D eigenvalue weighted by molar-refractivity contribution is -0.0785. The molecule has 1 saturated heterocycles. The van der Waals surface area contributed by atoms with Crippen molar-refractivity contribution in [2.24, 2.45) is 0 Å². The lowest BCUT2D eigenvalue weighted by atomic mass is 9.96. The molecule has 2 heterocycles. The van der Waals surface area contributed by atoms with Crippen LogP contribution in [0.4, 0.5) is 9.18 Å². The highest BCUT2D eigenvalue weighted by Gasteiger charge is 2.51. The van der Waals surface area contributed by atoms with Crippen molar-refractivity contribution in [2.45, 2.75) is 70.9 Å². The fraction of sp³-hybridized carbons (Fsp3) is 0.480. The SMILES string of the molecule is COC(=O)c1cccnc1C[C@@H]1OC(C)(C)N(C(=O)OC(C)(C)C)[C@@H]1Cc1ccccc1F. The first kappa shape index (κ1) is 24.6. The number of carbonyl (C=O) groups is 2. The third-order valence-electron chi connectivity index (χ3n) is 5.45. The van der Waals surface area contributed by atoms with Crippen molar-refractivity contribution in [2.75, 3.05) is 7.11 Å². The summed E-state index contributed by atoms with van der Waals surface area (Å²) in [6.45, 7) is 8.90. The van der Waals surface area contributed by atoms with Crippen LogP contribution >= 0.6 is 0 Å². The summed E-state index contributed by atoms with van der Waals surface area (Å²) in [7, 11) is 1.31. The number of rotatable bonds is 5. The number of carbonyl (C=O) groups excluding carboxylic acids is 2. The molecule has 0 saturated carbocycles. The van der Waals surface area contributed by atoms with Gasteiger partial charge < -0.3 is 14.2 Å². The molecule has 3 rings (SSSR count). The van der Waals surface area contributed by atoms with E-state index in [1.54, 1.807) is 71.1 Å². The molecule has 178 valence electrons. The minimum atomic E-state index is -1.02. The monoisotopic (exact) mass is 458 g/mol. The Kier molecular flexibility index (Phi) is 7.07. The molecule has 1 aliphatic rings. The van der Waals surface area contributed by atoms with Gasteiger partial charge in [-0.05, 0) is 64.8 Å². The number of benzene rings is 1. The van der Waals surface area contributed by atoms with Crippen LogP contribution in [-0.4, -0.2) is 52.5 Å². The molecule has 8 heteroatoms. The molecule has 0 unspecified atom stereocenters. The lowest BCUT2D eigenvalue weighted by Crippen LogP contribution is -2.51. The number of hydrogen-bond donors (Lipinski definition) is 0. The van der Waals surface area contributed by atoms with Crippen LogP contribution in [0.1, 0.15) is 56.2 Å². The Bertz CT molecular complexity index is 1020. The first-order valence-electron chi connectivity index (χ1n) is 10.9. The maximum atomic E-state index is 14.6. The van der Waals surface area contributed by atoms with Gasteiger partial charge in [0, 0.05) is 12.6 Å². The van der Waals surface area contributed by atoms with Crippen LogP contribution in [-0.2, 0) is 27.1 Å². The van der Waals surface area contributed by atoms with Gasteiger partial charge in [-0.3, -0.25) is 9.88 Å². The number of esters is 1. The van der Waals surface area contributed by atoms with Gasteiger partial charge in [-0.1, -0.05) is 18.2 Å². The van der Waals surface area contributed by atoms with Crippen LogP contribution in [0.5, 0.6) is 0 Å². The summed E-state index contributed by atoms with van der Waals surface area (Å²) in [5.41, 5.74) is -0.483. The standard InChI is InChI=1S/C25H31FN2O5/c1-24(2,3)33-23(30)28-20(14-16-10-7-8-12-18(16)26)21(32-25(28,4)5)15-19-17(22(29)31-6)11-9-13-27-19/h7-13,20-21H,14-15H2,1-6H3/t20-,21+/m1/s1. The van der Waals surface area contributed by atoms with Crippen molar-refractivity contribution >= 4 is 12.1 Å². The first-order chi connectivity index (χ1) is 15.4. The van der Waals surface area contributed by atoms with Gasteiger partial charge in [0.05, 0.1) is 30.5 Å². The molecular formula is C25H31FN2O5. The molecule has 1 amide bonds. The molecule has 1 aromatic carbocycles. The molecule has 1 aromatic heterocycles. The van der Waals surface area contributed by atoms with Crippen LogP contribution < -0.4 is 0 Å². The summed E-state index contributed by atoms with van der Waals surface area (Å²) >= 11 is 0. The Morgan fingerprint density at radius 1 is 1.15 bits per heavy atom. The average Bonchev–Trinajstić information content (AvgIpc) is 2.97.